The Morgan fingerprint density at radius 3 is 2.67 bits per heavy atom. The molecule has 0 bridgehead atoms. The molecular formula is C8H14N+. The Morgan fingerprint density at radius 1 is 1.67 bits per heavy atom. The van der Waals surface area contributed by atoms with E-state index < -0.39 is 0 Å². The molecule has 1 rings (SSSR count). The minimum Gasteiger partial charge on any atom is -0.114 e. The second kappa shape index (κ2) is 2.36. The van der Waals surface area contributed by atoms with Crippen LogP contribution < -0.4 is 4.67 Å². The molecule has 0 saturated heterocycles. The van der Waals surface area contributed by atoms with E-state index in [1.807, 2.05) is 6.21 Å². The first-order chi connectivity index (χ1) is 4.25. The molecule has 1 fully saturated rings. The predicted molar refractivity (Wildman–Crippen MR) is 41.8 cm³/mol. The van der Waals surface area contributed by atoms with Crippen LogP contribution in [0.1, 0.15) is 20.3 Å². The summed E-state index contributed by atoms with van der Waals surface area (Å²) >= 11 is 0. The third kappa shape index (κ3) is 1.43. The maximum atomic E-state index is 3.76. The van der Waals surface area contributed by atoms with Gasteiger partial charge in [-0.25, -0.2) is 0 Å². The van der Waals surface area contributed by atoms with E-state index in [0.29, 0.717) is 0 Å². The molecule has 1 aliphatic rings. The smallest absolute Gasteiger partial charge is 0.114 e. The van der Waals surface area contributed by atoms with Gasteiger partial charge in [-0.05, 0) is 18.3 Å². The highest BCUT2D eigenvalue weighted by atomic mass is 14.6. The van der Waals surface area contributed by atoms with Crippen molar-refractivity contribution >= 4 is 12.9 Å². The van der Waals surface area contributed by atoms with Crippen LogP contribution in [0.5, 0.6) is 0 Å². The number of rotatable bonds is 2. The average Bonchev–Trinajstić information content (AvgIpc) is 2.47. The monoisotopic (exact) mass is 124 g/mol. The maximum Gasteiger partial charge on any atom is 0.271 e. The van der Waals surface area contributed by atoms with Gasteiger partial charge in [-0.2, -0.15) is 0 Å². The van der Waals surface area contributed by atoms with Gasteiger partial charge in [0.1, 0.15) is 0 Å². The van der Waals surface area contributed by atoms with E-state index in [9.17, 15) is 0 Å². The summed E-state index contributed by atoms with van der Waals surface area (Å²) in [4.78, 5) is 0. The lowest BCUT2D eigenvalue weighted by atomic mass is 10.1. The van der Waals surface area contributed by atoms with Crippen LogP contribution in [0.2, 0.25) is 0 Å². The molecule has 0 amide bonds. The fourth-order valence-electron chi connectivity index (χ4n) is 1.31. The van der Waals surface area contributed by atoms with Gasteiger partial charge in [-0.15, -0.1) is 4.67 Å². The largest absolute Gasteiger partial charge is 0.271 e. The molecule has 1 saturated carbocycles. The Bertz CT molecular complexity index is 143. The molecule has 0 aliphatic heterocycles. The van der Waals surface area contributed by atoms with Gasteiger partial charge >= 0.3 is 0 Å². The zero-order valence-electron chi connectivity index (χ0n) is 6.17. The van der Waals surface area contributed by atoms with E-state index in [1.54, 1.807) is 0 Å². The van der Waals surface area contributed by atoms with Gasteiger partial charge in [0.15, 0.2) is 0 Å². The normalized spacial score (nSPS) is 31.9. The summed E-state index contributed by atoms with van der Waals surface area (Å²) in [6.07, 6.45) is 3.31. The molecule has 1 aliphatic carbocycles. The van der Waals surface area contributed by atoms with Gasteiger partial charge in [0.2, 0.25) is 0 Å². The summed E-state index contributed by atoms with van der Waals surface area (Å²) < 4.78 is 3.76. The van der Waals surface area contributed by atoms with Crippen LogP contribution in [-0.4, -0.2) is 12.9 Å². The lowest BCUT2D eigenvalue weighted by molar-refractivity contribution is 0.550. The fraction of sp³-hybridized carbons (Fsp3) is 0.750. The van der Waals surface area contributed by atoms with Gasteiger partial charge in [0.05, 0.1) is 5.92 Å². The van der Waals surface area contributed by atoms with Crippen LogP contribution >= 0.6 is 0 Å². The zero-order chi connectivity index (χ0) is 6.85. The summed E-state index contributed by atoms with van der Waals surface area (Å²) in [5, 5.41) is 0. The van der Waals surface area contributed by atoms with E-state index >= 15 is 0 Å². The quantitative estimate of drug-likeness (QED) is 0.387. The molecule has 9 heavy (non-hydrogen) atoms. The average molecular weight is 124 g/mol. The maximum absolute atomic E-state index is 3.76. The van der Waals surface area contributed by atoms with E-state index in [-0.39, 0.29) is 0 Å². The molecule has 2 atom stereocenters. The molecule has 0 radical (unpaired) electrons. The van der Waals surface area contributed by atoms with Crippen molar-refractivity contribution in [1.82, 2.24) is 4.67 Å². The fourth-order valence-corrected chi connectivity index (χ4v) is 1.31. The van der Waals surface area contributed by atoms with Gasteiger partial charge in [-0.3, -0.25) is 0 Å². The van der Waals surface area contributed by atoms with E-state index in [0.717, 1.165) is 17.8 Å². The standard InChI is InChI=1S/C8H14N/c1-6(2)8-4-7(8)5-9-3/h5-8H,3-4H2,1-2H3/q+1. The van der Waals surface area contributed by atoms with Crippen LogP contribution in [-0.2, 0) is 0 Å². The van der Waals surface area contributed by atoms with Gasteiger partial charge in [-0.1, -0.05) is 13.8 Å². The minimum absolute atomic E-state index is 0.752. The first kappa shape index (κ1) is 6.57. The molecule has 1 heteroatoms. The van der Waals surface area contributed by atoms with Crippen molar-refractivity contribution in [3.63, 3.8) is 0 Å². The van der Waals surface area contributed by atoms with Crippen LogP contribution in [0, 0.1) is 17.8 Å². The SMILES string of the molecule is C=[N+]=CC1CC1C(C)C. The van der Waals surface area contributed by atoms with E-state index in [4.69, 9.17) is 0 Å². The zero-order valence-corrected chi connectivity index (χ0v) is 6.17. The van der Waals surface area contributed by atoms with Crippen molar-refractivity contribution in [2.75, 3.05) is 0 Å². The number of hydrogen-bond acceptors (Lipinski definition) is 0. The van der Waals surface area contributed by atoms with Crippen LogP contribution in [0.4, 0.5) is 0 Å². The van der Waals surface area contributed by atoms with Crippen LogP contribution in [0.3, 0.4) is 0 Å². The van der Waals surface area contributed by atoms with Crippen molar-refractivity contribution in [2.45, 2.75) is 20.3 Å². The highest BCUT2D eigenvalue weighted by Crippen LogP contribution is 2.42. The number of nitrogens with zero attached hydrogens (tertiary/aromatic N) is 1. The Morgan fingerprint density at radius 2 is 2.33 bits per heavy atom. The molecule has 50 valence electrons. The Hall–Kier alpha value is -0.550. The summed E-state index contributed by atoms with van der Waals surface area (Å²) in [6.45, 7) is 7.96. The molecular weight excluding hydrogens is 110 g/mol. The van der Waals surface area contributed by atoms with Gasteiger partial charge in [0.25, 0.3) is 12.9 Å². The van der Waals surface area contributed by atoms with E-state index in [2.05, 4.69) is 25.2 Å². The summed E-state index contributed by atoms with van der Waals surface area (Å²) in [5.41, 5.74) is 0. The highest BCUT2D eigenvalue weighted by molar-refractivity contribution is 5.65. The molecule has 0 heterocycles. The molecule has 2 unspecified atom stereocenters. The lowest BCUT2D eigenvalue weighted by Crippen LogP contribution is -1.93. The van der Waals surface area contributed by atoms with Gasteiger partial charge < -0.3 is 0 Å². The van der Waals surface area contributed by atoms with E-state index in [1.165, 1.54) is 6.42 Å². The Balaban J connectivity index is 2.32. The van der Waals surface area contributed by atoms with Crippen molar-refractivity contribution in [3.05, 3.63) is 0 Å². The van der Waals surface area contributed by atoms with Crippen LogP contribution in [0.25, 0.3) is 0 Å². The summed E-state index contributed by atoms with van der Waals surface area (Å²) in [7, 11) is 0. The molecule has 1 nitrogen and oxygen atoms in total. The summed E-state index contributed by atoms with van der Waals surface area (Å²) in [5.74, 6) is 2.48. The Kier molecular flexibility index (Phi) is 1.73. The molecule has 0 aromatic rings. The molecule has 0 aromatic heterocycles. The molecule has 0 N–H and O–H groups in total. The third-order valence-corrected chi connectivity index (χ3v) is 2.04. The van der Waals surface area contributed by atoms with Crippen molar-refractivity contribution < 1.29 is 0 Å². The lowest BCUT2D eigenvalue weighted by Gasteiger charge is -1.95. The highest BCUT2D eigenvalue weighted by Gasteiger charge is 2.41. The van der Waals surface area contributed by atoms with Crippen molar-refractivity contribution in [1.29, 1.82) is 0 Å². The first-order valence-corrected chi connectivity index (χ1v) is 3.55. The van der Waals surface area contributed by atoms with Crippen molar-refractivity contribution in [3.8, 4) is 0 Å². The second-order valence-electron chi connectivity index (χ2n) is 3.14. The topological polar surface area (TPSA) is 14.1 Å². The molecule has 0 spiro atoms. The Labute approximate surface area is 56.5 Å². The predicted octanol–water partition coefficient (Wildman–Crippen LogP) is 1.12. The van der Waals surface area contributed by atoms with Crippen molar-refractivity contribution in [2.24, 2.45) is 17.8 Å². The first-order valence-electron chi connectivity index (χ1n) is 3.55. The molecule has 0 aromatic carbocycles. The number of hydrogen-bond donors (Lipinski definition) is 0. The second-order valence-corrected chi connectivity index (χ2v) is 3.14. The minimum atomic E-state index is 0.752. The van der Waals surface area contributed by atoms with Gasteiger partial charge in [0, 0.05) is 0 Å². The van der Waals surface area contributed by atoms with Crippen LogP contribution in [0.15, 0.2) is 0 Å². The third-order valence-electron chi connectivity index (χ3n) is 2.04. The summed E-state index contributed by atoms with van der Waals surface area (Å²) in [6, 6.07) is 0.